The minimum Gasteiger partial charge on any atom is -0.454 e. The van der Waals surface area contributed by atoms with Crippen LogP contribution in [0.5, 0.6) is 11.5 Å². The lowest BCUT2D eigenvalue weighted by Crippen LogP contribution is -1.96. The maximum atomic E-state index is 13.3. The highest BCUT2D eigenvalue weighted by Gasteiger charge is 2.11. The first-order chi connectivity index (χ1) is 8.61. The van der Waals surface area contributed by atoms with E-state index in [1.807, 2.05) is 0 Å². The Morgan fingerprint density at radius 2 is 1.89 bits per heavy atom. The van der Waals surface area contributed by atoms with Crippen LogP contribution < -0.4 is 10.5 Å². The smallest absolute Gasteiger partial charge is 0.153 e. The fraction of sp³-hybridized carbons (Fsp3) is 0. The van der Waals surface area contributed by atoms with E-state index in [4.69, 9.17) is 15.7 Å². The van der Waals surface area contributed by atoms with Gasteiger partial charge in [0, 0.05) is 6.07 Å². The van der Waals surface area contributed by atoms with Gasteiger partial charge in [0.1, 0.15) is 29.0 Å². The van der Waals surface area contributed by atoms with Gasteiger partial charge in [0.15, 0.2) is 5.75 Å². The maximum Gasteiger partial charge on any atom is 0.153 e. The van der Waals surface area contributed by atoms with Crippen LogP contribution in [0.2, 0.25) is 0 Å². The lowest BCUT2D eigenvalue weighted by molar-refractivity contribution is 0.471. The van der Waals surface area contributed by atoms with Crippen molar-refractivity contribution in [3.8, 4) is 17.6 Å². The molecule has 0 saturated carbocycles. The zero-order valence-corrected chi connectivity index (χ0v) is 9.15. The van der Waals surface area contributed by atoms with Crippen molar-refractivity contribution in [3.05, 3.63) is 53.6 Å². The van der Waals surface area contributed by atoms with Crippen molar-refractivity contribution in [2.45, 2.75) is 0 Å². The minimum atomic E-state index is -0.704. The number of ether oxygens (including phenoxy) is 1. The summed E-state index contributed by atoms with van der Waals surface area (Å²) in [5.41, 5.74) is 5.55. The van der Waals surface area contributed by atoms with Gasteiger partial charge in [-0.1, -0.05) is 6.07 Å². The summed E-state index contributed by atoms with van der Waals surface area (Å²) in [6.45, 7) is 0. The number of halogens is 2. The Morgan fingerprint density at radius 3 is 2.61 bits per heavy atom. The molecule has 18 heavy (non-hydrogen) atoms. The summed E-state index contributed by atoms with van der Waals surface area (Å²) in [7, 11) is 0. The van der Waals surface area contributed by atoms with Gasteiger partial charge in [0.25, 0.3) is 0 Å². The molecule has 0 aliphatic rings. The normalized spacial score (nSPS) is 9.83. The Balaban J connectivity index is 2.44. The summed E-state index contributed by atoms with van der Waals surface area (Å²) >= 11 is 0. The number of hydrogen-bond acceptors (Lipinski definition) is 3. The van der Waals surface area contributed by atoms with Gasteiger partial charge in [-0.05, 0) is 24.3 Å². The summed E-state index contributed by atoms with van der Waals surface area (Å²) in [4.78, 5) is 0. The predicted molar refractivity (Wildman–Crippen MR) is 62.0 cm³/mol. The Kier molecular flexibility index (Phi) is 3.11. The molecule has 2 aromatic rings. The maximum absolute atomic E-state index is 13.3. The van der Waals surface area contributed by atoms with Crippen LogP contribution in [-0.2, 0) is 0 Å². The van der Waals surface area contributed by atoms with E-state index in [1.165, 1.54) is 24.3 Å². The molecule has 5 heteroatoms. The molecule has 3 nitrogen and oxygen atoms in total. The third-order valence-corrected chi connectivity index (χ3v) is 2.28. The van der Waals surface area contributed by atoms with Crippen molar-refractivity contribution in [1.82, 2.24) is 0 Å². The van der Waals surface area contributed by atoms with Crippen LogP contribution in [0, 0.1) is 23.0 Å². The molecule has 0 aromatic heterocycles. The van der Waals surface area contributed by atoms with Gasteiger partial charge >= 0.3 is 0 Å². The summed E-state index contributed by atoms with van der Waals surface area (Å²) in [6, 6.07) is 9.20. The molecule has 90 valence electrons. The molecule has 2 rings (SSSR count). The zero-order valence-electron chi connectivity index (χ0n) is 9.15. The molecule has 0 amide bonds. The minimum absolute atomic E-state index is 0.00481. The number of hydrogen-bond donors (Lipinski definition) is 1. The first kappa shape index (κ1) is 11.9. The van der Waals surface area contributed by atoms with E-state index >= 15 is 0 Å². The van der Waals surface area contributed by atoms with E-state index in [0.717, 1.165) is 12.1 Å². The highest BCUT2D eigenvalue weighted by Crippen LogP contribution is 2.30. The van der Waals surface area contributed by atoms with Gasteiger partial charge in [-0.3, -0.25) is 0 Å². The van der Waals surface area contributed by atoms with Crippen molar-refractivity contribution in [1.29, 1.82) is 5.26 Å². The van der Waals surface area contributed by atoms with E-state index in [1.54, 1.807) is 6.07 Å². The van der Waals surface area contributed by atoms with Gasteiger partial charge in [0.05, 0.1) is 5.69 Å². The van der Waals surface area contributed by atoms with Crippen LogP contribution in [0.1, 0.15) is 5.56 Å². The largest absolute Gasteiger partial charge is 0.454 e. The van der Waals surface area contributed by atoms with E-state index < -0.39 is 11.6 Å². The number of nitrogens with zero attached hydrogens (tertiary/aromatic N) is 1. The van der Waals surface area contributed by atoms with Crippen LogP contribution in [0.3, 0.4) is 0 Å². The molecule has 0 heterocycles. The molecule has 2 N–H and O–H groups in total. The molecule has 0 bridgehead atoms. The number of anilines is 1. The number of nitrogen functional groups attached to an aromatic ring is 1. The molecule has 0 saturated heterocycles. The Hall–Kier alpha value is -2.61. The monoisotopic (exact) mass is 246 g/mol. The molecule has 0 aliphatic heterocycles. The fourth-order valence-electron chi connectivity index (χ4n) is 1.41. The van der Waals surface area contributed by atoms with Crippen molar-refractivity contribution in [2.24, 2.45) is 0 Å². The topological polar surface area (TPSA) is 59.0 Å². The van der Waals surface area contributed by atoms with Crippen LogP contribution in [-0.4, -0.2) is 0 Å². The van der Waals surface area contributed by atoms with Crippen molar-refractivity contribution < 1.29 is 13.5 Å². The molecule has 0 atom stereocenters. The molecular formula is C13H8F2N2O. The average Bonchev–Trinajstić information content (AvgIpc) is 2.34. The quantitative estimate of drug-likeness (QED) is 0.827. The van der Waals surface area contributed by atoms with Crippen molar-refractivity contribution in [3.63, 3.8) is 0 Å². The molecular weight excluding hydrogens is 238 g/mol. The second-order valence-electron chi connectivity index (χ2n) is 3.51. The lowest BCUT2D eigenvalue weighted by atomic mass is 10.2. The van der Waals surface area contributed by atoms with E-state index in [0.29, 0.717) is 0 Å². The molecule has 0 spiro atoms. The van der Waals surface area contributed by atoms with Crippen molar-refractivity contribution >= 4 is 5.69 Å². The molecule has 0 fully saturated rings. The van der Waals surface area contributed by atoms with E-state index in [2.05, 4.69) is 0 Å². The molecule has 0 aliphatic carbocycles. The Morgan fingerprint density at radius 1 is 1.11 bits per heavy atom. The van der Waals surface area contributed by atoms with Gasteiger partial charge in [-0.15, -0.1) is 0 Å². The molecule has 2 aromatic carbocycles. The van der Waals surface area contributed by atoms with Crippen molar-refractivity contribution in [2.75, 3.05) is 5.73 Å². The van der Waals surface area contributed by atoms with E-state index in [9.17, 15) is 8.78 Å². The standard InChI is InChI=1S/C13H8F2N2O/c14-8-4-5-11(17)13(6-8)18-12-3-1-2-10(15)9(12)7-16/h1-6H,17H2. The second-order valence-corrected chi connectivity index (χ2v) is 3.51. The SMILES string of the molecule is N#Cc1c(F)cccc1Oc1cc(F)ccc1N. The van der Waals surface area contributed by atoms with Crippen LogP contribution in [0.15, 0.2) is 36.4 Å². The van der Waals surface area contributed by atoms with Gasteiger partial charge in [0.2, 0.25) is 0 Å². The first-order valence-electron chi connectivity index (χ1n) is 5.03. The number of rotatable bonds is 2. The van der Waals surface area contributed by atoms with Gasteiger partial charge < -0.3 is 10.5 Å². The zero-order chi connectivity index (χ0) is 13.1. The number of benzene rings is 2. The lowest BCUT2D eigenvalue weighted by Gasteiger charge is -2.09. The summed E-state index contributed by atoms with van der Waals surface area (Å²) in [6.07, 6.45) is 0. The summed E-state index contributed by atoms with van der Waals surface area (Å²) in [5, 5.41) is 8.83. The number of nitriles is 1. The summed E-state index contributed by atoms with van der Waals surface area (Å²) < 4.78 is 31.6. The molecule has 0 radical (unpaired) electrons. The second kappa shape index (κ2) is 4.72. The van der Waals surface area contributed by atoms with Gasteiger partial charge in [-0.2, -0.15) is 5.26 Å². The third-order valence-electron chi connectivity index (χ3n) is 2.28. The fourth-order valence-corrected chi connectivity index (χ4v) is 1.41. The molecule has 0 unspecified atom stereocenters. The summed E-state index contributed by atoms with van der Waals surface area (Å²) in [5.74, 6) is -1.20. The predicted octanol–water partition coefficient (Wildman–Crippen LogP) is 3.21. The Labute approximate surface area is 102 Å². The van der Waals surface area contributed by atoms with Crippen LogP contribution in [0.4, 0.5) is 14.5 Å². The highest BCUT2D eigenvalue weighted by atomic mass is 19.1. The Bertz CT molecular complexity index is 635. The highest BCUT2D eigenvalue weighted by molar-refractivity contribution is 5.55. The van der Waals surface area contributed by atoms with Crippen LogP contribution >= 0.6 is 0 Å². The van der Waals surface area contributed by atoms with Crippen LogP contribution in [0.25, 0.3) is 0 Å². The van der Waals surface area contributed by atoms with Gasteiger partial charge in [-0.25, -0.2) is 8.78 Å². The third kappa shape index (κ3) is 2.23. The average molecular weight is 246 g/mol. The van der Waals surface area contributed by atoms with E-state index in [-0.39, 0.29) is 22.7 Å². The first-order valence-corrected chi connectivity index (χ1v) is 5.03. The number of nitrogens with two attached hydrogens (primary N) is 1.